The monoisotopic (exact) mass is 470 g/mol. The zero-order chi connectivity index (χ0) is 20.3. The van der Waals surface area contributed by atoms with Crippen molar-refractivity contribution in [3.8, 4) is 0 Å². The molecule has 27 heavy (non-hydrogen) atoms. The zero-order valence-electron chi connectivity index (χ0n) is 18.8. The van der Waals surface area contributed by atoms with Crippen LogP contribution >= 0.6 is 31.4 Å². The fraction of sp³-hybridized carbons (Fsp3) is 1.00. The lowest BCUT2D eigenvalue weighted by atomic mass is 10.3. The Morgan fingerprint density at radius 3 is 1.30 bits per heavy atom. The molecular weight excluding hydrogens is 425 g/mol. The molecule has 0 aromatic heterocycles. The van der Waals surface area contributed by atoms with Crippen molar-refractivity contribution in [2.24, 2.45) is 0 Å². The minimum absolute atomic E-state index is 0.605. The van der Waals surface area contributed by atoms with E-state index in [-0.39, 0.29) is 0 Å². The van der Waals surface area contributed by atoms with Gasteiger partial charge >= 0.3 is 0 Å². The standard InChI is InChI=1S/C20H46O2S3Si2/c1-7-21-19(26(9-3)10-4)15-13-17-23-25-24-18-14-16-20(22-8-2)27(11-5)12-6/h19-20,26-27H,7-18H2,1-6H3. The molecule has 164 valence electrons. The molecule has 0 spiro atoms. The highest BCUT2D eigenvalue weighted by Gasteiger charge is 2.20. The van der Waals surface area contributed by atoms with E-state index in [2.05, 4.69) is 41.5 Å². The zero-order valence-corrected chi connectivity index (χ0v) is 23.6. The predicted octanol–water partition coefficient (Wildman–Crippen LogP) is 7.00. The van der Waals surface area contributed by atoms with Crippen molar-refractivity contribution in [2.75, 3.05) is 24.7 Å². The van der Waals surface area contributed by atoms with Crippen molar-refractivity contribution in [2.45, 2.75) is 103 Å². The summed E-state index contributed by atoms with van der Waals surface area (Å²) in [5, 5.41) is 0. The molecule has 2 atom stereocenters. The summed E-state index contributed by atoms with van der Waals surface area (Å²) in [5.74, 6) is 2.52. The maximum Gasteiger partial charge on any atom is 0.0711 e. The topological polar surface area (TPSA) is 18.5 Å². The van der Waals surface area contributed by atoms with E-state index in [4.69, 9.17) is 9.47 Å². The Hall–Kier alpha value is 1.40. The number of hydrogen-bond acceptors (Lipinski definition) is 5. The molecule has 0 fully saturated rings. The quantitative estimate of drug-likeness (QED) is 0.108. The van der Waals surface area contributed by atoms with E-state index in [1.807, 2.05) is 31.4 Å². The summed E-state index contributed by atoms with van der Waals surface area (Å²) in [6.45, 7) is 15.5. The van der Waals surface area contributed by atoms with Crippen LogP contribution in [0.25, 0.3) is 0 Å². The molecule has 0 saturated carbocycles. The second-order valence-corrected chi connectivity index (χ2v) is 19.4. The first-order valence-electron chi connectivity index (χ1n) is 11.3. The fourth-order valence-corrected chi connectivity index (χ4v) is 13.3. The molecule has 0 radical (unpaired) electrons. The van der Waals surface area contributed by atoms with Crippen LogP contribution in [0.15, 0.2) is 0 Å². The van der Waals surface area contributed by atoms with Crippen molar-refractivity contribution in [3.63, 3.8) is 0 Å². The third-order valence-electron chi connectivity index (χ3n) is 5.44. The molecule has 0 aromatic rings. The Kier molecular flexibility index (Phi) is 21.7. The molecule has 2 unspecified atom stereocenters. The first-order valence-corrected chi connectivity index (χ1v) is 19.7. The molecule has 0 bridgehead atoms. The van der Waals surface area contributed by atoms with Crippen LogP contribution < -0.4 is 0 Å². The van der Waals surface area contributed by atoms with Gasteiger partial charge in [0.2, 0.25) is 0 Å². The molecule has 0 N–H and O–H groups in total. The third-order valence-corrected chi connectivity index (χ3v) is 17.2. The number of hydrogen-bond donors (Lipinski definition) is 0. The van der Waals surface area contributed by atoms with Gasteiger partial charge in [-0.05, 0) is 49.4 Å². The Morgan fingerprint density at radius 1 is 0.630 bits per heavy atom. The first kappa shape index (κ1) is 28.4. The highest BCUT2D eigenvalue weighted by molar-refractivity contribution is 9.09. The molecule has 0 rings (SSSR count). The molecule has 2 nitrogen and oxygen atoms in total. The Morgan fingerprint density at radius 2 is 1.00 bits per heavy atom. The summed E-state index contributed by atoms with van der Waals surface area (Å²) in [6.07, 6.45) is 5.17. The largest absolute Gasteiger partial charge is 0.382 e. The van der Waals surface area contributed by atoms with Crippen LogP contribution in [-0.2, 0) is 9.47 Å². The predicted molar refractivity (Wildman–Crippen MR) is 138 cm³/mol. The van der Waals surface area contributed by atoms with Gasteiger partial charge in [-0.25, -0.2) is 0 Å². The second kappa shape index (κ2) is 20.7. The van der Waals surface area contributed by atoms with Gasteiger partial charge in [-0.1, -0.05) is 73.5 Å². The van der Waals surface area contributed by atoms with Crippen molar-refractivity contribution >= 4 is 49.0 Å². The van der Waals surface area contributed by atoms with Gasteiger partial charge in [0, 0.05) is 36.2 Å². The maximum absolute atomic E-state index is 6.06. The van der Waals surface area contributed by atoms with Gasteiger partial charge in [0.25, 0.3) is 0 Å². The minimum atomic E-state index is -0.681. The molecule has 0 amide bonds. The summed E-state index contributed by atoms with van der Waals surface area (Å²) in [7, 11) is 4.72. The number of rotatable bonds is 20. The molecule has 0 aliphatic heterocycles. The van der Waals surface area contributed by atoms with Gasteiger partial charge in [0.1, 0.15) is 0 Å². The number of ether oxygens (including phenoxy) is 2. The third kappa shape index (κ3) is 14.1. The fourth-order valence-electron chi connectivity index (χ4n) is 3.76. The van der Waals surface area contributed by atoms with Crippen LogP contribution in [-0.4, -0.2) is 53.8 Å². The molecule has 7 heteroatoms. The molecule has 0 aliphatic rings. The van der Waals surface area contributed by atoms with Crippen LogP contribution in [0.3, 0.4) is 0 Å². The lowest BCUT2D eigenvalue weighted by Crippen LogP contribution is -2.32. The van der Waals surface area contributed by atoms with Crippen LogP contribution in [0.5, 0.6) is 0 Å². The highest BCUT2D eigenvalue weighted by atomic mass is 33.5. The smallest absolute Gasteiger partial charge is 0.0711 e. The van der Waals surface area contributed by atoms with Crippen LogP contribution in [0.2, 0.25) is 24.2 Å². The summed E-state index contributed by atoms with van der Waals surface area (Å²) in [6, 6.07) is 5.51. The van der Waals surface area contributed by atoms with E-state index in [9.17, 15) is 0 Å². The lowest BCUT2D eigenvalue weighted by molar-refractivity contribution is 0.107. The van der Waals surface area contributed by atoms with E-state index in [1.54, 1.807) is 0 Å². The molecule has 0 aromatic carbocycles. The Bertz CT molecular complexity index is 279. The van der Waals surface area contributed by atoms with E-state index < -0.39 is 17.6 Å². The van der Waals surface area contributed by atoms with Gasteiger partial charge in [-0.15, -0.1) is 0 Å². The minimum Gasteiger partial charge on any atom is -0.382 e. The summed E-state index contributed by atoms with van der Waals surface area (Å²) in [5.41, 5.74) is 1.21. The van der Waals surface area contributed by atoms with Crippen molar-refractivity contribution < 1.29 is 9.47 Å². The van der Waals surface area contributed by atoms with Crippen molar-refractivity contribution in [1.29, 1.82) is 0 Å². The van der Waals surface area contributed by atoms with E-state index in [1.165, 1.54) is 61.4 Å². The van der Waals surface area contributed by atoms with Crippen molar-refractivity contribution in [1.82, 2.24) is 0 Å². The maximum atomic E-state index is 6.06. The van der Waals surface area contributed by atoms with E-state index >= 15 is 0 Å². The normalized spacial score (nSPS) is 14.2. The molecular formula is C20H46O2S3Si2. The summed E-state index contributed by atoms with van der Waals surface area (Å²) in [4.78, 5) is 0. The first-order chi connectivity index (χ1) is 13.2. The SMILES string of the molecule is CCOC(CCCSSSCCCC(OCC)[SiH](CC)CC)[SiH](CC)CC. The van der Waals surface area contributed by atoms with Gasteiger partial charge in [0.05, 0.1) is 17.6 Å². The van der Waals surface area contributed by atoms with Crippen LogP contribution in [0.1, 0.15) is 67.2 Å². The molecule has 0 saturated heterocycles. The lowest BCUT2D eigenvalue weighted by Gasteiger charge is -2.24. The highest BCUT2D eigenvalue weighted by Crippen LogP contribution is 2.36. The molecule has 0 heterocycles. The van der Waals surface area contributed by atoms with Crippen LogP contribution in [0, 0.1) is 0 Å². The van der Waals surface area contributed by atoms with E-state index in [0.29, 0.717) is 11.5 Å². The Labute approximate surface area is 185 Å². The van der Waals surface area contributed by atoms with Gasteiger partial charge in [0.15, 0.2) is 0 Å². The van der Waals surface area contributed by atoms with Gasteiger partial charge in [-0.3, -0.25) is 0 Å². The van der Waals surface area contributed by atoms with E-state index in [0.717, 1.165) is 13.2 Å². The average Bonchev–Trinajstić information content (AvgIpc) is 2.68. The Balaban J connectivity index is 3.78. The van der Waals surface area contributed by atoms with Crippen LogP contribution in [0.4, 0.5) is 0 Å². The average molecular weight is 471 g/mol. The summed E-state index contributed by atoms with van der Waals surface area (Å²) >= 11 is 0. The summed E-state index contributed by atoms with van der Waals surface area (Å²) < 4.78 is 12.1. The second-order valence-electron chi connectivity index (χ2n) is 7.14. The van der Waals surface area contributed by atoms with Crippen molar-refractivity contribution in [3.05, 3.63) is 0 Å². The van der Waals surface area contributed by atoms with Gasteiger partial charge in [-0.2, -0.15) is 0 Å². The molecule has 0 aliphatic carbocycles. The van der Waals surface area contributed by atoms with Gasteiger partial charge < -0.3 is 9.47 Å².